The lowest BCUT2D eigenvalue weighted by Gasteiger charge is -2.34. The maximum Gasteiger partial charge on any atom is 0.264 e. The Bertz CT molecular complexity index is 1530. The highest BCUT2D eigenvalue weighted by Gasteiger charge is 2.35. The summed E-state index contributed by atoms with van der Waals surface area (Å²) in [4.78, 5) is 29.6. The number of carbonyl (C=O) groups excluding carboxylic acids is 2. The molecule has 8 nitrogen and oxygen atoms in total. The largest absolute Gasteiger partial charge is 0.497 e. The van der Waals surface area contributed by atoms with Gasteiger partial charge in [0.1, 0.15) is 18.3 Å². The van der Waals surface area contributed by atoms with Crippen LogP contribution in [0, 0.1) is 20.8 Å². The number of nitrogens with zero attached hydrogens (tertiary/aromatic N) is 2. The normalized spacial score (nSPS) is 14.3. The molecule has 0 saturated heterocycles. The van der Waals surface area contributed by atoms with E-state index in [1.165, 1.54) is 9.21 Å². The Labute approximate surface area is 256 Å². The third kappa shape index (κ3) is 7.76. The van der Waals surface area contributed by atoms with E-state index in [-0.39, 0.29) is 23.4 Å². The molecular weight excluding hydrogens is 562 g/mol. The van der Waals surface area contributed by atoms with E-state index in [1.54, 1.807) is 37.4 Å². The highest BCUT2D eigenvalue weighted by atomic mass is 32.2. The SMILES string of the molecule is CC[C@@H](C(=O)NC1CCCC1)N(Cc1cccc(OC)c1)C(=O)CN(c1ccc(C)cc1C)S(=O)(=O)c1ccc(C)cc1. The van der Waals surface area contributed by atoms with Crippen LogP contribution in [0.1, 0.15) is 61.3 Å². The van der Waals surface area contributed by atoms with Gasteiger partial charge in [-0.05, 0) is 81.5 Å². The number of sulfonamides is 1. The first-order valence-corrected chi connectivity index (χ1v) is 16.4. The number of benzene rings is 3. The zero-order valence-corrected chi connectivity index (χ0v) is 26.6. The minimum atomic E-state index is -4.12. The van der Waals surface area contributed by atoms with Crippen LogP contribution < -0.4 is 14.4 Å². The van der Waals surface area contributed by atoms with E-state index in [2.05, 4.69) is 5.32 Å². The van der Waals surface area contributed by atoms with Crippen LogP contribution >= 0.6 is 0 Å². The first kappa shape index (κ1) is 32.1. The van der Waals surface area contributed by atoms with Crippen LogP contribution in [-0.2, 0) is 26.2 Å². The number of hydrogen-bond acceptors (Lipinski definition) is 5. The summed E-state index contributed by atoms with van der Waals surface area (Å²) < 4.78 is 34.9. The Balaban J connectivity index is 1.75. The molecule has 1 saturated carbocycles. The number of aryl methyl sites for hydroxylation is 3. The van der Waals surface area contributed by atoms with Crippen molar-refractivity contribution in [3.8, 4) is 5.75 Å². The zero-order valence-electron chi connectivity index (χ0n) is 25.8. The Morgan fingerprint density at radius 1 is 0.953 bits per heavy atom. The number of rotatable bonds is 12. The van der Waals surface area contributed by atoms with E-state index < -0.39 is 28.5 Å². The lowest BCUT2D eigenvalue weighted by atomic mass is 10.1. The predicted octanol–water partition coefficient (Wildman–Crippen LogP) is 5.68. The van der Waals surface area contributed by atoms with Crippen LogP contribution in [0.2, 0.25) is 0 Å². The van der Waals surface area contributed by atoms with Gasteiger partial charge in [0, 0.05) is 12.6 Å². The fourth-order valence-electron chi connectivity index (χ4n) is 5.69. The van der Waals surface area contributed by atoms with Crippen LogP contribution in [0.3, 0.4) is 0 Å². The van der Waals surface area contributed by atoms with Crippen LogP contribution in [-0.4, -0.2) is 50.9 Å². The second-order valence-corrected chi connectivity index (χ2v) is 13.3. The van der Waals surface area contributed by atoms with Crippen molar-refractivity contribution >= 4 is 27.5 Å². The average Bonchev–Trinajstić information content (AvgIpc) is 3.49. The molecule has 9 heteroatoms. The molecule has 0 aliphatic heterocycles. The second-order valence-electron chi connectivity index (χ2n) is 11.4. The van der Waals surface area contributed by atoms with Crippen molar-refractivity contribution in [2.45, 2.75) is 83.3 Å². The van der Waals surface area contributed by atoms with E-state index in [1.807, 2.05) is 64.1 Å². The maximum atomic E-state index is 14.3. The number of methoxy groups -OCH3 is 1. The summed E-state index contributed by atoms with van der Waals surface area (Å²) in [5, 5.41) is 3.15. The van der Waals surface area contributed by atoms with Gasteiger partial charge in [-0.3, -0.25) is 13.9 Å². The minimum absolute atomic E-state index is 0.0870. The molecule has 2 amide bonds. The Morgan fingerprint density at radius 3 is 2.26 bits per heavy atom. The molecule has 1 fully saturated rings. The van der Waals surface area contributed by atoms with Crippen LogP contribution in [0.15, 0.2) is 71.6 Å². The van der Waals surface area contributed by atoms with Crippen molar-refractivity contribution < 1.29 is 22.7 Å². The number of anilines is 1. The molecule has 0 heterocycles. The quantitative estimate of drug-likeness (QED) is 0.287. The molecule has 3 aromatic rings. The number of amides is 2. The fourth-order valence-corrected chi connectivity index (χ4v) is 7.17. The fraction of sp³-hybridized carbons (Fsp3) is 0.412. The number of nitrogens with one attached hydrogen (secondary N) is 1. The summed E-state index contributed by atoms with van der Waals surface area (Å²) in [6.45, 7) is 7.19. The highest BCUT2D eigenvalue weighted by Crippen LogP contribution is 2.29. The van der Waals surface area contributed by atoms with E-state index in [0.29, 0.717) is 17.9 Å². The highest BCUT2D eigenvalue weighted by molar-refractivity contribution is 7.92. The summed E-state index contributed by atoms with van der Waals surface area (Å²) in [6, 6.07) is 18.7. The Kier molecular flexibility index (Phi) is 10.5. The molecule has 0 radical (unpaired) electrons. The van der Waals surface area contributed by atoms with Crippen molar-refractivity contribution in [1.82, 2.24) is 10.2 Å². The standard InChI is InChI=1S/C34H43N3O5S/c1-6-31(34(39)35-28-11-7-8-12-28)36(22-27-10-9-13-29(21-27)42-5)33(38)23-37(32-19-16-25(3)20-26(32)4)43(40,41)30-17-14-24(2)15-18-30/h9-10,13-21,28,31H,6-8,11-12,22-23H2,1-5H3,(H,35,39)/t31-/m0/s1. The van der Waals surface area contributed by atoms with Crippen molar-refractivity contribution in [3.63, 3.8) is 0 Å². The van der Waals surface area contributed by atoms with E-state index >= 15 is 0 Å². The second kappa shape index (κ2) is 14.1. The van der Waals surface area contributed by atoms with Crippen molar-refractivity contribution in [2.24, 2.45) is 0 Å². The van der Waals surface area contributed by atoms with Gasteiger partial charge < -0.3 is 15.0 Å². The van der Waals surface area contributed by atoms with Gasteiger partial charge in [-0.15, -0.1) is 0 Å². The summed E-state index contributed by atoms with van der Waals surface area (Å²) in [7, 11) is -2.55. The van der Waals surface area contributed by atoms with Crippen molar-refractivity contribution in [1.29, 1.82) is 0 Å². The number of hydrogen-bond donors (Lipinski definition) is 1. The molecule has 0 spiro atoms. The summed E-state index contributed by atoms with van der Waals surface area (Å²) in [5.41, 5.74) is 3.84. The molecule has 1 N–H and O–H groups in total. The zero-order chi connectivity index (χ0) is 31.1. The molecule has 0 bridgehead atoms. The monoisotopic (exact) mass is 605 g/mol. The lowest BCUT2D eigenvalue weighted by molar-refractivity contribution is -0.140. The van der Waals surface area contributed by atoms with E-state index in [0.717, 1.165) is 47.9 Å². The average molecular weight is 606 g/mol. The first-order chi connectivity index (χ1) is 20.5. The molecule has 1 aliphatic carbocycles. The Hall–Kier alpha value is -3.85. The van der Waals surface area contributed by atoms with Gasteiger partial charge in [-0.2, -0.15) is 0 Å². The molecule has 230 valence electrons. The third-order valence-corrected chi connectivity index (χ3v) is 9.86. The van der Waals surface area contributed by atoms with E-state index in [9.17, 15) is 18.0 Å². The summed E-state index contributed by atoms with van der Waals surface area (Å²) in [5.74, 6) is -0.0517. The van der Waals surface area contributed by atoms with Crippen LogP contribution in [0.25, 0.3) is 0 Å². The topological polar surface area (TPSA) is 96.0 Å². The maximum absolute atomic E-state index is 14.3. The lowest BCUT2D eigenvalue weighted by Crippen LogP contribution is -2.53. The van der Waals surface area contributed by atoms with Gasteiger partial charge in [-0.25, -0.2) is 8.42 Å². The van der Waals surface area contributed by atoms with Gasteiger partial charge in [0.05, 0.1) is 17.7 Å². The van der Waals surface area contributed by atoms with Gasteiger partial charge in [-0.1, -0.05) is 67.3 Å². The molecule has 0 aromatic heterocycles. The Morgan fingerprint density at radius 2 is 1.63 bits per heavy atom. The molecule has 1 aliphatic rings. The number of ether oxygens (including phenoxy) is 1. The van der Waals surface area contributed by atoms with Crippen molar-refractivity contribution in [3.05, 3.63) is 89.0 Å². The third-order valence-electron chi connectivity index (χ3n) is 8.08. The molecule has 4 rings (SSSR count). The molecule has 3 aromatic carbocycles. The number of carbonyl (C=O) groups is 2. The minimum Gasteiger partial charge on any atom is -0.497 e. The van der Waals surface area contributed by atoms with Gasteiger partial charge in [0.25, 0.3) is 10.0 Å². The van der Waals surface area contributed by atoms with E-state index in [4.69, 9.17) is 4.74 Å². The van der Waals surface area contributed by atoms with Crippen LogP contribution in [0.5, 0.6) is 5.75 Å². The van der Waals surface area contributed by atoms with Gasteiger partial charge >= 0.3 is 0 Å². The van der Waals surface area contributed by atoms with Crippen LogP contribution in [0.4, 0.5) is 5.69 Å². The molecular formula is C34H43N3O5S. The molecule has 1 atom stereocenters. The first-order valence-electron chi connectivity index (χ1n) is 14.9. The smallest absolute Gasteiger partial charge is 0.264 e. The van der Waals surface area contributed by atoms with Gasteiger partial charge in [0.2, 0.25) is 11.8 Å². The van der Waals surface area contributed by atoms with Gasteiger partial charge in [0.15, 0.2) is 0 Å². The molecule has 43 heavy (non-hydrogen) atoms. The summed E-state index contributed by atoms with van der Waals surface area (Å²) >= 11 is 0. The predicted molar refractivity (Wildman–Crippen MR) is 170 cm³/mol. The summed E-state index contributed by atoms with van der Waals surface area (Å²) in [6.07, 6.45) is 4.34. The van der Waals surface area contributed by atoms with Crippen molar-refractivity contribution in [2.75, 3.05) is 18.0 Å². The molecule has 0 unspecified atom stereocenters.